The van der Waals surface area contributed by atoms with Gasteiger partial charge in [0.05, 0.1) is 0 Å². The molecular weight excluding hydrogens is 140 g/mol. The molecule has 1 aromatic rings. The van der Waals surface area contributed by atoms with E-state index in [0.29, 0.717) is 11.3 Å². The first kappa shape index (κ1) is 5.72. The third-order valence-electron chi connectivity index (χ3n) is 0.688. The van der Waals surface area contributed by atoms with Gasteiger partial charge in [0.1, 0.15) is 15.1 Å². The van der Waals surface area contributed by atoms with Gasteiger partial charge in [-0.2, -0.15) is 0 Å². The van der Waals surface area contributed by atoms with Gasteiger partial charge in [-0.3, -0.25) is 0 Å². The van der Waals surface area contributed by atoms with E-state index in [4.69, 9.17) is 0 Å². The summed E-state index contributed by atoms with van der Waals surface area (Å²) in [4.78, 5) is 0. The van der Waals surface area contributed by atoms with Gasteiger partial charge in [-0.05, 0) is 11.4 Å². The molecule has 0 saturated carbocycles. The van der Waals surface area contributed by atoms with Gasteiger partial charge >= 0.3 is 0 Å². The molecule has 0 fully saturated rings. The topological polar surface area (TPSA) is 17.1 Å². The summed E-state index contributed by atoms with van der Waals surface area (Å²) >= 11 is 2.00. The highest BCUT2D eigenvalue weighted by Crippen LogP contribution is 1.94. The minimum atomic E-state index is 0.537. The van der Waals surface area contributed by atoms with Crippen LogP contribution in [0.5, 0.6) is 0 Å². The molecule has 1 aromatic heterocycles. The highest BCUT2D eigenvalue weighted by atomic mass is 32.2. The van der Waals surface area contributed by atoms with Crippen LogP contribution in [0.3, 0.4) is 0 Å². The minimum Gasteiger partial charge on any atom is -0.211 e. The van der Waals surface area contributed by atoms with Gasteiger partial charge in [0.25, 0.3) is 0 Å². The molecule has 0 unspecified atom stereocenters. The third kappa shape index (κ3) is 1.28. The molecule has 0 spiro atoms. The lowest BCUT2D eigenvalue weighted by molar-refractivity contribution is 0.700. The molecule has 8 heavy (non-hydrogen) atoms. The second-order valence-corrected chi connectivity index (χ2v) is 3.02. The smallest absolute Gasteiger partial charge is 0.120 e. The summed E-state index contributed by atoms with van der Waals surface area (Å²) in [5.74, 6) is 0. The maximum Gasteiger partial charge on any atom is 0.120 e. The van der Waals surface area contributed by atoms with Crippen LogP contribution in [0, 0.1) is 3.82 Å². The highest BCUT2D eigenvalue weighted by molar-refractivity contribution is 7.59. The summed E-state index contributed by atoms with van der Waals surface area (Å²) in [6.07, 6.45) is 0. The molecule has 0 saturated heterocycles. The molecule has 42 valence electrons. The van der Waals surface area contributed by atoms with Gasteiger partial charge in [0.15, 0.2) is 0 Å². The first-order valence-corrected chi connectivity index (χ1v) is 3.72. The normalized spacial score (nSPS) is 8.50. The fourth-order valence-electron chi connectivity index (χ4n) is 0.373. The SMILES string of the molecule is O=S=c1ccccs1. The van der Waals surface area contributed by atoms with Crippen LogP contribution in [0.2, 0.25) is 0 Å². The lowest BCUT2D eigenvalue weighted by Gasteiger charge is -1.72. The van der Waals surface area contributed by atoms with Crippen molar-refractivity contribution >= 4 is 22.6 Å². The fourth-order valence-corrected chi connectivity index (χ4v) is 1.29. The molecule has 0 aliphatic carbocycles. The summed E-state index contributed by atoms with van der Waals surface area (Å²) in [7, 11) is 0. The second-order valence-electron chi connectivity index (χ2n) is 1.21. The maximum absolute atomic E-state index is 10.1. The monoisotopic (exact) mass is 144 g/mol. The Morgan fingerprint density at radius 1 is 1.50 bits per heavy atom. The molecular formula is C5H4OS2. The van der Waals surface area contributed by atoms with E-state index < -0.39 is 0 Å². The molecule has 0 aliphatic heterocycles. The van der Waals surface area contributed by atoms with E-state index in [0.717, 1.165) is 3.82 Å². The standard InChI is InChI=1S/C5H4OS2/c6-8-5-3-1-2-4-7-5/h1-4H. The Bertz CT molecular complexity index is 229. The molecule has 1 nitrogen and oxygen atoms in total. The van der Waals surface area contributed by atoms with Crippen LogP contribution in [0.15, 0.2) is 23.6 Å². The molecule has 1 rings (SSSR count). The van der Waals surface area contributed by atoms with E-state index in [-0.39, 0.29) is 0 Å². The van der Waals surface area contributed by atoms with E-state index in [1.165, 1.54) is 11.3 Å². The average Bonchev–Trinajstić information content (AvgIpc) is 1.90. The zero-order valence-corrected chi connectivity index (χ0v) is 5.67. The van der Waals surface area contributed by atoms with Crippen molar-refractivity contribution < 1.29 is 4.21 Å². The van der Waals surface area contributed by atoms with E-state index in [1.54, 1.807) is 0 Å². The Hall–Kier alpha value is -0.410. The van der Waals surface area contributed by atoms with E-state index in [2.05, 4.69) is 0 Å². The van der Waals surface area contributed by atoms with Gasteiger partial charge in [-0.25, -0.2) is 4.21 Å². The van der Waals surface area contributed by atoms with Crippen molar-refractivity contribution in [1.82, 2.24) is 0 Å². The predicted octanol–water partition coefficient (Wildman–Crippen LogP) is 1.49. The van der Waals surface area contributed by atoms with Gasteiger partial charge in [0.2, 0.25) is 0 Å². The molecule has 0 atom stereocenters. The second kappa shape index (κ2) is 2.79. The Morgan fingerprint density at radius 3 is 2.75 bits per heavy atom. The van der Waals surface area contributed by atoms with E-state index in [1.807, 2.05) is 23.6 Å². The van der Waals surface area contributed by atoms with Crippen molar-refractivity contribution in [1.29, 1.82) is 0 Å². The van der Waals surface area contributed by atoms with Crippen LogP contribution < -0.4 is 0 Å². The van der Waals surface area contributed by atoms with Gasteiger partial charge in [-0.1, -0.05) is 12.1 Å². The Kier molecular flexibility index (Phi) is 2.00. The Balaban J connectivity index is 3.41. The van der Waals surface area contributed by atoms with Crippen molar-refractivity contribution in [2.75, 3.05) is 0 Å². The molecule has 0 aliphatic rings. The summed E-state index contributed by atoms with van der Waals surface area (Å²) in [6, 6.07) is 5.57. The van der Waals surface area contributed by atoms with Crippen molar-refractivity contribution in [3.05, 3.63) is 27.4 Å². The van der Waals surface area contributed by atoms with Crippen molar-refractivity contribution in [2.24, 2.45) is 0 Å². The summed E-state index contributed by atoms with van der Waals surface area (Å²) in [6.45, 7) is 0. The molecule has 1 heterocycles. The largest absolute Gasteiger partial charge is 0.211 e. The Labute approximate surface area is 54.7 Å². The average molecular weight is 144 g/mol. The minimum absolute atomic E-state index is 0.537. The van der Waals surface area contributed by atoms with Crippen molar-refractivity contribution in [2.45, 2.75) is 0 Å². The van der Waals surface area contributed by atoms with Crippen LogP contribution in [-0.2, 0) is 11.3 Å². The van der Waals surface area contributed by atoms with E-state index >= 15 is 0 Å². The lowest BCUT2D eigenvalue weighted by Crippen LogP contribution is -1.53. The van der Waals surface area contributed by atoms with Crippen LogP contribution in [-0.4, -0.2) is 4.21 Å². The lowest BCUT2D eigenvalue weighted by atomic mass is 10.6. The number of hydrogen-bond acceptors (Lipinski definition) is 2. The summed E-state index contributed by atoms with van der Waals surface area (Å²) in [5, 5.41) is 1.89. The molecule has 0 amide bonds. The number of hydrogen-bond donors (Lipinski definition) is 0. The highest BCUT2D eigenvalue weighted by Gasteiger charge is 1.71. The predicted molar refractivity (Wildman–Crippen MR) is 35.7 cm³/mol. The molecule has 0 N–H and O–H groups in total. The summed E-state index contributed by atoms with van der Waals surface area (Å²) in [5.41, 5.74) is 0. The third-order valence-corrected chi connectivity index (χ3v) is 2.14. The zero-order chi connectivity index (χ0) is 5.82. The van der Waals surface area contributed by atoms with Gasteiger partial charge in [-0.15, -0.1) is 11.3 Å². The first-order chi connectivity index (χ1) is 3.93. The zero-order valence-electron chi connectivity index (χ0n) is 4.03. The van der Waals surface area contributed by atoms with Crippen LogP contribution in [0.4, 0.5) is 0 Å². The van der Waals surface area contributed by atoms with Crippen molar-refractivity contribution in [3.63, 3.8) is 0 Å². The fraction of sp³-hybridized carbons (Fsp3) is 0. The van der Waals surface area contributed by atoms with Crippen molar-refractivity contribution in [3.8, 4) is 0 Å². The van der Waals surface area contributed by atoms with E-state index in [9.17, 15) is 4.21 Å². The van der Waals surface area contributed by atoms with Gasteiger partial charge in [0, 0.05) is 0 Å². The first-order valence-electron chi connectivity index (χ1n) is 2.10. The number of rotatable bonds is 0. The molecule has 3 heteroatoms. The van der Waals surface area contributed by atoms with Gasteiger partial charge < -0.3 is 0 Å². The molecule has 0 aromatic carbocycles. The quantitative estimate of drug-likeness (QED) is 0.504. The maximum atomic E-state index is 10.1. The van der Waals surface area contributed by atoms with Crippen LogP contribution in [0.1, 0.15) is 0 Å². The molecule has 0 radical (unpaired) electrons. The summed E-state index contributed by atoms with van der Waals surface area (Å²) < 4.78 is 10.9. The van der Waals surface area contributed by atoms with Crippen LogP contribution >= 0.6 is 11.3 Å². The Morgan fingerprint density at radius 2 is 2.38 bits per heavy atom. The molecule has 0 bridgehead atoms. The van der Waals surface area contributed by atoms with Crippen LogP contribution in [0.25, 0.3) is 0 Å².